The molecule has 0 fully saturated rings. The number of aromatic nitrogens is 3. The third-order valence-corrected chi connectivity index (χ3v) is 3.10. The summed E-state index contributed by atoms with van der Waals surface area (Å²) in [5.74, 6) is 1.25. The Hall–Kier alpha value is -2.95. The molecule has 2 heterocycles. The Morgan fingerprint density at radius 1 is 0.952 bits per heavy atom. The molecule has 0 atom stereocenters. The van der Waals surface area contributed by atoms with E-state index in [2.05, 4.69) is 15.0 Å². The fourth-order valence-electron chi connectivity index (χ4n) is 2.01. The molecule has 0 bridgehead atoms. The standard InChI is InChI=1S/C16H14N4O/c1-21-14-10-19-16(12-2-4-13(17)5-3-12)20-15(14)11-6-8-18-9-7-11/h2-10H,17H2,1H3. The van der Waals surface area contributed by atoms with Crippen LogP contribution in [0.5, 0.6) is 5.75 Å². The first-order chi connectivity index (χ1) is 10.3. The average Bonchev–Trinajstić information content (AvgIpc) is 2.56. The summed E-state index contributed by atoms with van der Waals surface area (Å²) in [5, 5.41) is 0. The predicted octanol–water partition coefficient (Wildman–Crippen LogP) is 2.80. The van der Waals surface area contributed by atoms with Crippen molar-refractivity contribution in [1.82, 2.24) is 15.0 Å². The van der Waals surface area contributed by atoms with Crippen molar-refractivity contribution in [3.63, 3.8) is 0 Å². The Labute approximate surface area is 122 Å². The van der Waals surface area contributed by atoms with E-state index in [4.69, 9.17) is 10.5 Å². The molecule has 0 aliphatic carbocycles. The number of nitrogen functional groups attached to an aromatic ring is 1. The van der Waals surface area contributed by atoms with Crippen LogP contribution >= 0.6 is 0 Å². The van der Waals surface area contributed by atoms with Crippen molar-refractivity contribution in [3.05, 3.63) is 55.0 Å². The molecule has 0 spiro atoms. The summed E-state index contributed by atoms with van der Waals surface area (Å²) in [7, 11) is 1.60. The molecule has 0 saturated heterocycles. The van der Waals surface area contributed by atoms with Crippen LogP contribution in [0.2, 0.25) is 0 Å². The molecule has 0 saturated carbocycles. The van der Waals surface area contributed by atoms with E-state index in [-0.39, 0.29) is 0 Å². The fraction of sp³-hybridized carbons (Fsp3) is 0.0625. The number of rotatable bonds is 3. The third-order valence-electron chi connectivity index (χ3n) is 3.10. The van der Waals surface area contributed by atoms with Crippen molar-refractivity contribution in [2.24, 2.45) is 0 Å². The second-order valence-electron chi connectivity index (χ2n) is 4.47. The summed E-state index contributed by atoms with van der Waals surface area (Å²) in [5.41, 5.74) is 8.99. The molecule has 104 valence electrons. The van der Waals surface area contributed by atoms with Crippen LogP contribution in [0, 0.1) is 0 Å². The van der Waals surface area contributed by atoms with Crippen LogP contribution < -0.4 is 10.5 Å². The second-order valence-corrected chi connectivity index (χ2v) is 4.47. The number of nitrogens with two attached hydrogens (primary N) is 1. The van der Waals surface area contributed by atoms with E-state index in [1.54, 1.807) is 25.7 Å². The summed E-state index contributed by atoms with van der Waals surface area (Å²) in [6.45, 7) is 0. The minimum atomic E-state index is 0.625. The van der Waals surface area contributed by atoms with Crippen molar-refractivity contribution in [3.8, 4) is 28.4 Å². The second kappa shape index (κ2) is 5.58. The van der Waals surface area contributed by atoms with E-state index in [9.17, 15) is 0 Å². The molecule has 2 aromatic heterocycles. The van der Waals surface area contributed by atoms with Crippen LogP contribution in [-0.4, -0.2) is 22.1 Å². The maximum Gasteiger partial charge on any atom is 0.163 e. The zero-order chi connectivity index (χ0) is 14.7. The van der Waals surface area contributed by atoms with E-state index in [1.807, 2.05) is 36.4 Å². The number of benzene rings is 1. The number of ether oxygens (including phenoxy) is 1. The van der Waals surface area contributed by atoms with Gasteiger partial charge in [0.05, 0.1) is 13.3 Å². The number of anilines is 1. The van der Waals surface area contributed by atoms with Gasteiger partial charge >= 0.3 is 0 Å². The van der Waals surface area contributed by atoms with Gasteiger partial charge in [-0.15, -0.1) is 0 Å². The highest BCUT2D eigenvalue weighted by Crippen LogP contribution is 2.29. The Morgan fingerprint density at radius 3 is 2.33 bits per heavy atom. The Balaban J connectivity index is 2.11. The molecule has 21 heavy (non-hydrogen) atoms. The lowest BCUT2D eigenvalue weighted by Gasteiger charge is -2.09. The van der Waals surface area contributed by atoms with Crippen LogP contribution in [-0.2, 0) is 0 Å². The lowest BCUT2D eigenvalue weighted by atomic mass is 10.1. The Morgan fingerprint density at radius 2 is 1.67 bits per heavy atom. The first kappa shape index (κ1) is 13.1. The molecule has 5 nitrogen and oxygen atoms in total. The van der Waals surface area contributed by atoms with Crippen LogP contribution in [0.25, 0.3) is 22.6 Å². The molecule has 0 unspecified atom stereocenters. The fourth-order valence-corrected chi connectivity index (χ4v) is 2.01. The van der Waals surface area contributed by atoms with Crippen molar-refractivity contribution in [2.45, 2.75) is 0 Å². The molecule has 2 N–H and O–H groups in total. The lowest BCUT2D eigenvalue weighted by Crippen LogP contribution is -1.97. The average molecular weight is 278 g/mol. The summed E-state index contributed by atoms with van der Waals surface area (Å²) in [6, 6.07) is 11.2. The first-order valence-corrected chi connectivity index (χ1v) is 6.45. The van der Waals surface area contributed by atoms with Gasteiger partial charge in [0.2, 0.25) is 0 Å². The molecular weight excluding hydrogens is 264 g/mol. The summed E-state index contributed by atoms with van der Waals surface area (Å²) in [4.78, 5) is 13.0. The van der Waals surface area contributed by atoms with E-state index in [1.165, 1.54) is 0 Å². The highest BCUT2D eigenvalue weighted by atomic mass is 16.5. The van der Waals surface area contributed by atoms with E-state index < -0.39 is 0 Å². The van der Waals surface area contributed by atoms with Crippen LogP contribution in [0.15, 0.2) is 55.0 Å². The Bertz CT molecular complexity index is 742. The van der Waals surface area contributed by atoms with Gasteiger partial charge in [0, 0.05) is 29.2 Å². The molecule has 0 aliphatic heterocycles. The maximum atomic E-state index is 5.70. The molecule has 0 aliphatic rings. The SMILES string of the molecule is COc1cnc(-c2ccc(N)cc2)nc1-c1ccncc1. The predicted molar refractivity (Wildman–Crippen MR) is 81.7 cm³/mol. The van der Waals surface area contributed by atoms with Crippen molar-refractivity contribution < 1.29 is 4.74 Å². The number of hydrogen-bond acceptors (Lipinski definition) is 5. The van der Waals surface area contributed by atoms with Gasteiger partial charge in [-0.3, -0.25) is 4.98 Å². The third kappa shape index (κ3) is 2.67. The van der Waals surface area contributed by atoms with Crippen LogP contribution in [0.1, 0.15) is 0 Å². The van der Waals surface area contributed by atoms with Crippen molar-refractivity contribution in [2.75, 3.05) is 12.8 Å². The van der Waals surface area contributed by atoms with Gasteiger partial charge in [-0.25, -0.2) is 9.97 Å². The minimum absolute atomic E-state index is 0.625. The van der Waals surface area contributed by atoms with Crippen LogP contribution in [0.3, 0.4) is 0 Å². The van der Waals surface area contributed by atoms with Gasteiger partial charge in [0.15, 0.2) is 11.6 Å². The highest BCUT2D eigenvalue weighted by molar-refractivity contribution is 5.69. The number of hydrogen-bond donors (Lipinski definition) is 1. The summed E-state index contributed by atoms with van der Waals surface area (Å²) in [6.07, 6.45) is 5.12. The lowest BCUT2D eigenvalue weighted by molar-refractivity contribution is 0.413. The van der Waals surface area contributed by atoms with Crippen molar-refractivity contribution in [1.29, 1.82) is 0 Å². The zero-order valence-electron chi connectivity index (χ0n) is 11.5. The van der Waals surface area contributed by atoms with E-state index in [0.717, 1.165) is 16.8 Å². The van der Waals surface area contributed by atoms with Gasteiger partial charge < -0.3 is 10.5 Å². The number of pyridine rings is 1. The molecule has 3 aromatic rings. The van der Waals surface area contributed by atoms with Crippen molar-refractivity contribution >= 4 is 5.69 Å². The van der Waals surface area contributed by atoms with Crippen LogP contribution in [0.4, 0.5) is 5.69 Å². The van der Waals surface area contributed by atoms with Gasteiger partial charge in [-0.2, -0.15) is 0 Å². The van der Waals surface area contributed by atoms with Gasteiger partial charge in [0.25, 0.3) is 0 Å². The quantitative estimate of drug-likeness (QED) is 0.746. The largest absolute Gasteiger partial charge is 0.493 e. The number of methoxy groups -OCH3 is 1. The normalized spacial score (nSPS) is 10.3. The monoisotopic (exact) mass is 278 g/mol. The molecule has 0 radical (unpaired) electrons. The summed E-state index contributed by atoms with van der Waals surface area (Å²) >= 11 is 0. The molecule has 0 amide bonds. The van der Waals surface area contributed by atoms with Gasteiger partial charge in [0.1, 0.15) is 5.69 Å². The zero-order valence-corrected chi connectivity index (χ0v) is 11.5. The maximum absolute atomic E-state index is 5.70. The number of nitrogens with zero attached hydrogens (tertiary/aromatic N) is 3. The van der Waals surface area contributed by atoms with Gasteiger partial charge in [-0.1, -0.05) is 0 Å². The molecular formula is C16H14N4O. The minimum Gasteiger partial charge on any atom is -0.493 e. The van der Waals surface area contributed by atoms with E-state index >= 15 is 0 Å². The molecule has 1 aromatic carbocycles. The highest BCUT2D eigenvalue weighted by Gasteiger charge is 2.11. The topological polar surface area (TPSA) is 73.9 Å². The molecule has 5 heteroatoms. The summed E-state index contributed by atoms with van der Waals surface area (Å²) < 4.78 is 5.34. The smallest absolute Gasteiger partial charge is 0.163 e. The van der Waals surface area contributed by atoms with Gasteiger partial charge in [-0.05, 0) is 36.4 Å². The van der Waals surface area contributed by atoms with E-state index in [0.29, 0.717) is 17.3 Å². The Kier molecular flexibility index (Phi) is 3.47. The first-order valence-electron chi connectivity index (χ1n) is 6.45. The molecule has 3 rings (SSSR count).